The summed E-state index contributed by atoms with van der Waals surface area (Å²) in [6.07, 6.45) is 0. The van der Waals surface area contributed by atoms with Crippen LogP contribution in [-0.2, 0) is 22.2 Å². The van der Waals surface area contributed by atoms with Crippen molar-refractivity contribution in [1.82, 2.24) is 4.98 Å². The molecule has 5 nitrogen and oxygen atoms in total. The van der Waals surface area contributed by atoms with Crippen molar-refractivity contribution in [2.75, 3.05) is 0 Å². The number of rotatable bonds is 3. The Morgan fingerprint density at radius 3 is 2.93 bits per heavy atom. The van der Waals surface area contributed by atoms with Crippen LogP contribution in [0.2, 0.25) is 0 Å². The SMILES string of the molecule is [C-]#[N+]c1ccc(COP)nc1S(=O)O. The van der Waals surface area contributed by atoms with Crippen molar-refractivity contribution in [3.05, 3.63) is 29.2 Å². The quantitative estimate of drug-likeness (QED) is 0.485. The van der Waals surface area contributed by atoms with Gasteiger partial charge in [-0.25, -0.2) is 9.05 Å². The molecule has 14 heavy (non-hydrogen) atoms. The molecular weight excluding hydrogens is 223 g/mol. The normalized spacial score (nSPS) is 12.1. The lowest BCUT2D eigenvalue weighted by Gasteiger charge is -2.02. The first-order chi connectivity index (χ1) is 6.69. The van der Waals surface area contributed by atoms with E-state index in [2.05, 4.69) is 19.3 Å². The summed E-state index contributed by atoms with van der Waals surface area (Å²) in [6, 6.07) is 3.02. The highest BCUT2D eigenvalue weighted by Gasteiger charge is 2.10. The van der Waals surface area contributed by atoms with Crippen molar-refractivity contribution in [2.45, 2.75) is 11.6 Å². The molecule has 0 aliphatic carbocycles. The van der Waals surface area contributed by atoms with E-state index in [0.717, 1.165) is 0 Å². The zero-order chi connectivity index (χ0) is 10.6. The van der Waals surface area contributed by atoms with E-state index in [1.165, 1.54) is 6.07 Å². The summed E-state index contributed by atoms with van der Waals surface area (Å²) < 4.78 is 24.4. The Labute approximate surface area is 85.9 Å². The molecule has 74 valence electrons. The molecular formula is C7H7N2O3PS. The third-order valence-corrected chi connectivity index (χ3v) is 2.21. The van der Waals surface area contributed by atoms with E-state index in [9.17, 15) is 4.21 Å². The average molecular weight is 230 g/mol. The molecule has 0 spiro atoms. The Morgan fingerprint density at radius 2 is 2.43 bits per heavy atom. The van der Waals surface area contributed by atoms with Crippen LogP contribution in [0, 0.1) is 6.57 Å². The molecule has 0 radical (unpaired) electrons. The largest absolute Gasteiger partial charge is 0.359 e. The predicted molar refractivity (Wildman–Crippen MR) is 54.0 cm³/mol. The van der Waals surface area contributed by atoms with E-state index >= 15 is 0 Å². The van der Waals surface area contributed by atoms with Gasteiger partial charge in [0.05, 0.1) is 18.9 Å². The van der Waals surface area contributed by atoms with Gasteiger partial charge in [0.25, 0.3) is 0 Å². The molecule has 2 atom stereocenters. The van der Waals surface area contributed by atoms with Gasteiger partial charge in [-0.2, -0.15) is 0 Å². The van der Waals surface area contributed by atoms with Gasteiger partial charge in [-0.15, -0.1) is 0 Å². The van der Waals surface area contributed by atoms with Crippen LogP contribution in [0.4, 0.5) is 5.69 Å². The van der Waals surface area contributed by atoms with Crippen LogP contribution in [0.5, 0.6) is 0 Å². The van der Waals surface area contributed by atoms with Crippen molar-refractivity contribution in [1.29, 1.82) is 0 Å². The second-order valence-corrected chi connectivity index (χ2v) is 3.52. The molecule has 0 aromatic carbocycles. The summed E-state index contributed by atoms with van der Waals surface area (Å²) in [4.78, 5) is 6.91. The monoisotopic (exact) mass is 230 g/mol. The zero-order valence-electron chi connectivity index (χ0n) is 7.01. The van der Waals surface area contributed by atoms with Crippen LogP contribution < -0.4 is 0 Å². The standard InChI is InChI=1S/C7H7N2O3PS/c1-8-6-3-2-5(4-12-13)9-7(6)14(10)11/h2-3H,4,13H2,(H,10,11). The van der Waals surface area contributed by atoms with E-state index in [1.54, 1.807) is 6.07 Å². The highest BCUT2D eigenvalue weighted by Crippen LogP contribution is 2.20. The Bertz CT molecular complexity index is 404. The lowest BCUT2D eigenvalue weighted by Crippen LogP contribution is -1.97. The maximum absolute atomic E-state index is 10.8. The summed E-state index contributed by atoms with van der Waals surface area (Å²) in [5.41, 5.74) is 0.586. The molecule has 0 saturated carbocycles. The number of nitrogens with zero attached hydrogens (tertiary/aromatic N) is 2. The van der Waals surface area contributed by atoms with Gasteiger partial charge in [0.2, 0.25) is 5.69 Å². The molecule has 1 N–H and O–H groups in total. The fraction of sp³-hybridized carbons (Fsp3) is 0.143. The molecule has 0 aliphatic heterocycles. The van der Waals surface area contributed by atoms with Gasteiger partial charge in [0.1, 0.15) is 0 Å². The van der Waals surface area contributed by atoms with E-state index < -0.39 is 11.1 Å². The van der Waals surface area contributed by atoms with Gasteiger partial charge < -0.3 is 9.08 Å². The molecule has 0 amide bonds. The van der Waals surface area contributed by atoms with Crippen molar-refractivity contribution in [3.8, 4) is 0 Å². The first-order valence-electron chi connectivity index (χ1n) is 3.49. The summed E-state index contributed by atoms with van der Waals surface area (Å²) in [7, 11) is 2.05. The average Bonchev–Trinajstić information content (AvgIpc) is 2.18. The molecule has 2 unspecified atom stereocenters. The van der Waals surface area contributed by atoms with Crippen LogP contribution in [-0.4, -0.2) is 13.7 Å². The van der Waals surface area contributed by atoms with Crippen molar-refractivity contribution >= 4 is 26.2 Å². The van der Waals surface area contributed by atoms with Crippen LogP contribution in [0.3, 0.4) is 0 Å². The van der Waals surface area contributed by atoms with Gasteiger partial charge in [-0.05, 0) is 6.07 Å². The van der Waals surface area contributed by atoms with Gasteiger partial charge >= 0.3 is 0 Å². The third-order valence-electron chi connectivity index (χ3n) is 1.41. The fourth-order valence-corrected chi connectivity index (χ4v) is 1.51. The summed E-state index contributed by atoms with van der Waals surface area (Å²) in [5.74, 6) is 0. The fourth-order valence-electron chi connectivity index (χ4n) is 0.851. The van der Waals surface area contributed by atoms with Crippen LogP contribution in [0.1, 0.15) is 5.69 Å². The first kappa shape index (κ1) is 11.2. The number of hydrogen-bond acceptors (Lipinski definition) is 3. The summed E-state index contributed by atoms with van der Waals surface area (Å²) in [5, 5.41) is -0.125. The summed E-state index contributed by atoms with van der Waals surface area (Å²) in [6.45, 7) is 6.97. The maximum atomic E-state index is 10.8. The molecule has 7 heteroatoms. The minimum absolute atomic E-state index is 0.0818. The highest BCUT2D eigenvalue weighted by molar-refractivity contribution is 7.79. The predicted octanol–water partition coefficient (Wildman–Crippen LogP) is 1.52. The van der Waals surface area contributed by atoms with Gasteiger partial charge in [-0.1, -0.05) is 6.07 Å². The third kappa shape index (κ3) is 2.56. The molecule has 0 bridgehead atoms. The van der Waals surface area contributed by atoms with Gasteiger partial charge in [0, 0.05) is 9.47 Å². The Balaban J connectivity index is 3.16. The molecule has 1 aromatic rings. The van der Waals surface area contributed by atoms with Gasteiger partial charge in [-0.3, -0.25) is 4.98 Å². The number of aromatic nitrogens is 1. The minimum atomic E-state index is -2.24. The van der Waals surface area contributed by atoms with Crippen LogP contribution >= 0.6 is 9.47 Å². The van der Waals surface area contributed by atoms with Gasteiger partial charge in [0.15, 0.2) is 16.1 Å². The minimum Gasteiger partial charge on any atom is -0.359 e. The molecule has 1 aromatic heterocycles. The second kappa shape index (κ2) is 5.13. The number of pyridine rings is 1. The number of hydrogen-bond donors (Lipinski definition) is 1. The molecule has 0 fully saturated rings. The Morgan fingerprint density at radius 1 is 1.71 bits per heavy atom. The van der Waals surface area contributed by atoms with Crippen LogP contribution in [0.15, 0.2) is 17.2 Å². The Kier molecular flexibility index (Phi) is 4.11. The van der Waals surface area contributed by atoms with E-state index in [1.807, 2.05) is 0 Å². The van der Waals surface area contributed by atoms with Crippen LogP contribution in [0.25, 0.3) is 4.85 Å². The Hall–Kier alpha value is -0.860. The lowest BCUT2D eigenvalue weighted by atomic mass is 10.3. The van der Waals surface area contributed by atoms with E-state index in [-0.39, 0.29) is 17.3 Å². The molecule has 1 heterocycles. The second-order valence-electron chi connectivity index (χ2n) is 2.30. The topological polar surface area (TPSA) is 63.8 Å². The molecule has 0 aliphatic rings. The van der Waals surface area contributed by atoms with E-state index in [0.29, 0.717) is 5.69 Å². The lowest BCUT2D eigenvalue weighted by molar-refractivity contribution is 0.354. The maximum Gasteiger partial charge on any atom is 0.223 e. The van der Waals surface area contributed by atoms with E-state index in [4.69, 9.17) is 15.6 Å². The van der Waals surface area contributed by atoms with Crippen molar-refractivity contribution in [2.24, 2.45) is 0 Å². The smallest absolute Gasteiger partial charge is 0.223 e. The molecule has 0 saturated heterocycles. The van der Waals surface area contributed by atoms with Crippen molar-refractivity contribution < 1.29 is 13.3 Å². The summed E-state index contributed by atoms with van der Waals surface area (Å²) >= 11 is -2.24. The first-order valence-corrected chi connectivity index (χ1v) is 5.06. The highest BCUT2D eigenvalue weighted by atomic mass is 32.2. The van der Waals surface area contributed by atoms with Crippen molar-refractivity contribution in [3.63, 3.8) is 0 Å². The zero-order valence-corrected chi connectivity index (χ0v) is 8.98. The molecule has 1 rings (SSSR count).